The second kappa shape index (κ2) is 5.06. The number of piperidine rings is 2. The Kier molecular flexibility index (Phi) is 3.44. The number of nitrogens with zero attached hydrogens (tertiary/aromatic N) is 1. The maximum Gasteiger partial charge on any atom is 0.105 e. The Bertz CT molecular complexity index is 362. The molecule has 2 fully saturated rings. The fourth-order valence-electron chi connectivity index (χ4n) is 4.00. The third-order valence-electron chi connectivity index (χ3n) is 4.65. The molecule has 3 rings (SSSR count). The molecule has 3 heteroatoms. The van der Waals surface area contributed by atoms with E-state index in [2.05, 4.69) is 17.9 Å². The largest absolute Gasteiger partial charge is 0.469 e. The van der Waals surface area contributed by atoms with Crippen LogP contribution in [-0.4, -0.2) is 29.1 Å². The number of fused-ring (bicyclic) bond motifs is 2. The average Bonchev–Trinajstić information content (AvgIpc) is 2.80. The van der Waals surface area contributed by atoms with Crippen molar-refractivity contribution in [3.05, 3.63) is 24.2 Å². The van der Waals surface area contributed by atoms with Crippen molar-refractivity contribution in [2.24, 2.45) is 5.73 Å². The van der Waals surface area contributed by atoms with Crippen molar-refractivity contribution in [1.29, 1.82) is 0 Å². The van der Waals surface area contributed by atoms with Crippen LogP contribution in [0, 0.1) is 0 Å². The molecule has 1 aromatic heterocycles. The standard InChI is InChI=1S/C15H24N2O/c1-11(8-15-6-3-7-18-15)17-13-4-2-5-14(17)10-12(16)9-13/h3,6-7,11-14H,2,4-5,8-10,16H2,1H3. The summed E-state index contributed by atoms with van der Waals surface area (Å²) in [6.07, 6.45) is 9.19. The Labute approximate surface area is 109 Å². The van der Waals surface area contributed by atoms with E-state index < -0.39 is 0 Å². The maximum absolute atomic E-state index is 6.18. The lowest BCUT2D eigenvalue weighted by Crippen LogP contribution is -2.58. The number of hydrogen-bond donors (Lipinski definition) is 1. The highest BCUT2D eigenvalue weighted by Crippen LogP contribution is 2.35. The molecule has 0 saturated carbocycles. The van der Waals surface area contributed by atoms with Crippen LogP contribution in [0.4, 0.5) is 0 Å². The lowest BCUT2D eigenvalue weighted by Gasteiger charge is -2.51. The zero-order valence-electron chi connectivity index (χ0n) is 11.2. The highest BCUT2D eigenvalue weighted by molar-refractivity contribution is 5.03. The van der Waals surface area contributed by atoms with Crippen LogP contribution >= 0.6 is 0 Å². The molecule has 2 bridgehead atoms. The first kappa shape index (κ1) is 12.2. The number of hydrogen-bond acceptors (Lipinski definition) is 3. The van der Waals surface area contributed by atoms with Crippen LogP contribution < -0.4 is 5.73 Å². The molecule has 2 N–H and O–H groups in total. The van der Waals surface area contributed by atoms with E-state index in [9.17, 15) is 0 Å². The highest BCUT2D eigenvalue weighted by atomic mass is 16.3. The van der Waals surface area contributed by atoms with Crippen LogP contribution in [0.15, 0.2) is 22.8 Å². The molecule has 3 nitrogen and oxygen atoms in total. The van der Waals surface area contributed by atoms with E-state index in [0.29, 0.717) is 24.2 Å². The normalized spacial score (nSPS) is 34.4. The van der Waals surface area contributed by atoms with Gasteiger partial charge in [0.1, 0.15) is 5.76 Å². The molecule has 1 aromatic rings. The zero-order valence-corrected chi connectivity index (χ0v) is 11.2. The molecule has 0 spiro atoms. The molecule has 2 aliphatic heterocycles. The molecule has 3 unspecified atom stereocenters. The first-order valence-electron chi connectivity index (χ1n) is 7.29. The Hall–Kier alpha value is -0.800. The van der Waals surface area contributed by atoms with Gasteiger partial charge in [-0.1, -0.05) is 6.42 Å². The average molecular weight is 248 g/mol. The van der Waals surface area contributed by atoms with Gasteiger partial charge in [-0.2, -0.15) is 0 Å². The summed E-state index contributed by atoms with van der Waals surface area (Å²) < 4.78 is 5.49. The van der Waals surface area contributed by atoms with E-state index in [0.717, 1.165) is 12.2 Å². The first-order valence-corrected chi connectivity index (χ1v) is 7.29. The van der Waals surface area contributed by atoms with Crippen LogP contribution in [0.5, 0.6) is 0 Å². The number of rotatable bonds is 3. The van der Waals surface area contributed by atoms with Crippen molar-refractivity contribution in [3.8, 4) is 0 Å². The van der Waals surface area contributed by atoms with Gasteiger partial charge in [-0.3, -0.25) is 4.90 Å². The summed E-state index contributed by atoms with van der Waals surface area (Å²) in [6.45, 7) is 2.34. The minimum Gasteiger partial charge on any atom is -0.469 e. The van der Waals surface area contributed by atoms with Crippen LogP contribution in [0.1, 0.15) is 44.8 Å². The van der Waals surface area contributed by atoms with Gasteiger partial charge >= 0.3 is 0 Å². The number of furan rings is 1. The van der Waals surface area contributed by atoms with Gasteiger partial charge in [-0.25, -0.2) is 0 Å². The summed E-state index contributed by atoms with van der Waals surface area (Å²) >= 11 is 0. The topological polar surface area (TPSA) is 42.4 Å². The fraction of sp³-hybridized carbons (Fsp3) is 0.733. The molecule has 3 atom stereocenters. The van der Waals surface area contributed by atoms with Crippen molar-refractivity contribution >= 4 is 0 Å². The van der Waals surface area contributed by atoms with Crippen molar-refractivity contribution in [1.82, 2.24) is 4.90 Å². The molecule has 0 amide bonds. The Morgan fingerprint density at radius 2 is 2.11 bits per heavy atom. The Balaban J connectivity index is 1.70. The Morgan fingerprint density at radius 3 is 2.72 bits per heavy atom. The second-order valence-electron chi connectivity index (χ2n) is 6.05. The summed E-state index contributed by atoms with van der Waals surface area (Å²) in [7, 11) is 0. The summed E-state index contributed by atoms with van der Waals surface area (Å²) in [6, 6.07) is 6.47. The van der Waals surface area contributed by atoms with Gasteiger partial charge in [-0.05, 0) is 44.7 Å². The van der Waals surface area contributed by atoms with E-state index in [1.54, 1.807) is 6.26 Å². The van der Waals surface area contributed by atoms with Gasteiger partial charge in [0.15, 0.2) is 0 Å². The van der Waals surface area contributed by atoms with E-state index in [-0.39, 0.29) is 0 Å². The molecule has 18 heavy (non-hydrogen) atoms. The lowest BCUT2D eigenvalue weighted by atomic mass is 9.80. The van der Waals surface area contributed by atoms with E-state index in [4.69, 9.17) is 10.2 Å². The number of nitrogens with two attached hydrogens (primary N) is 1. The van der Waals surface area contributed by atoms with Crippen LogP contribution in [0.2, 0.25) is 0 Å². The zero-order chi connectivity index (χ0) is 12.5. The van der Waals surface area contributed by atoms with E-state index >= 15 is 0 Å². The molecule has 3 heterocycles. The first-order chi connectivity index (χ1) is 8.74. The van der Waals surface area contributed by atoms with Crippen molar-refractivity contribution in [2.45, 2.75) is 69.6 Å². The molecule has 100 valence electrons. The Morgan fingerprint density at radius 1 is 1.39 bits per heavy atom. The molecular formula is C15H24N2O. The van der Waals surface area contributed by atoms with E-state index in [1.165, 1.54) is 32.1 Å². The lowest BCUT2D eigenvalue weighted by molar-refractivity contribution is -0.000750. The van der Waals surface area contributed by atoms with Gasteiger partial charge in [0.05, 0.1) is 6.26 Å². The van der Waals surface area contributed by atoms with Gasteiger partial charge in [-0.15, -0.1) is 0 Å². The van der Waals surface area contributed by atoms with Crippen LogP contribution in [-0.2, 0) is 6.42 Å². The summed E-state index contributed by atoms with van der Waals surface area (Å²) in [5.74, 6) is 1.11. The third-order valence-corrected chi connectivity index (χ3v) is 4.65. The quantitative estimate of drug-likeness (QED) is 0.894. The summed E-state index contributed by atoms with van der Waals surface area (Å²) in [4.78, 5) is 2.73. The molecule has 0 aromatic carbocycles. The highest BCUT2D eigenvalue weighted by Gasteiger charge is 2.39. The van der Waals surface area contributed by atoms with Gasteiger partial charge < -0.3 is 10.2 Å². The van der Waals surface area contributed by atoms with Crippen molar-refractivity contribution in [2.75, 3.05) is 0 Å². The predicted octanol–water partition coefficient (Wildman–Crippen LogP) is 2.55. The summed E-state index contributed by atoms with van der Waals surface area (Å²) in [5, 5.41) is 0. The van der Waals surface area contributed by atoms with Gasteiger partial charge in [0.25, 0.3) is 0 Å². The van der Waals surface area contributed by atoms with Gasteiger partial charge in [0.2, 0.25) is 0 Å². The van der Waals surface area contributed by atoms with Crippen molar-refractivity contribution < 1.29 is 4.42 Å². The van der Waals surface area contributed by atoms with Crippen LogP contribution in [0.25, 0.3) is 0 Å². The minimum absolute atomic E-state index is 0.423. The SMILES string of the molecule is CC(Cc1ccco1)N1C2CCCC1CC(N)C2. The molecule has 2 aliphatic rings. The second-order valence-corrected chi connectivity index (χ2v) is 6.05. The predicted molar refractivity (Wildman–Crippen MR) is 72.3 cm³/mol. The van der Waals surface area contributed by atoms with Crippen LogP contribution in [0.3, 0.4) is 0 Å². The molecule has 0 radical (unpaired) electrons. The van der Waals surface area contributed by atoms with E-state index in [1.807, 2.05) is 6.07 Å². The maximum atomic E-state index is 6.18. The summed E-state index contributed by atoms with van der Waals surface area (Å²) in [5.41, 5.74) is 6.18. The van der Waals surface area contributed by atoms with Gasteiger partial charge in [0, 0.05) is 30.6 Å². The molecule has 2 saturated heterocycles. The van der Waals surface area contributed by atoms with Crippen molar-refractivity contribution in [3.63, 3.8) is 0 Å². The molecular weight excluding hydrogens is 224 g/mol. The monoisotopic (exact) mass is 248 g/mol. The smallest absolute Gasteiger partial charge is 0.105 e. The fourth-order valence-corrected chi connectivity index (χ4v) is 4.00. The third kappa shape index (κ3) is 2.34. The molecule has 0 aliphatic carbocycles. The minimum atomic E-state index is 0.423.